The van der Waals surface area contributed by atoms with Crippen molar-refractivity contribution >= 4 is 28.7 Å². The fraction of sp³-hybridized carbons (Fsp3) is 0.200. The number of aromatic nitrogens is 2. The third kappa shape index (κ3) is 4.44. The van der Waals surface area contributed by atoms with Crippen LogP contribution in [0.25, 0.3) is 11.0 Å². The van der Waals surface area contributed by atoms with Gasteiger partial charge < -0.3 is 14.6 Å². The van der Waals surface area contributed by atoms with Crippen LogP contribution in [0.3, 0.4) is 0 Å². The number of benzene rings is 3. The summed E-state index contributed by atoms with van der Waals surface area (Å²) in [6, 6.07) is 23.5. The fourth-order valence-corrected chi connectivity index (χ4v) is 4.15. The minimum Gasteiger partial charge on any atom is -0.496 e. The summed E-state index contributed by atoms with van der Waals surface area (Å²) in [7, 11) is 3.60. The highest BCUT2D eigenvalue weighted by atomic mass is 32.2. The van der Waals surface area contributed by atoms with Crippen LogP contribution in [0.4, 0.5) is 0 Å². The van der Waals surface area contributed by atoms with Crippen molar-refractivity contribution < 1.29 is 9.53 Å². The van der Waals surface area contributed by atoms with E-state index in [1.165, 1.54) is 0 Å². The summed E-state index contributed by atoms with van der Waals surface area (Å²) in [5.74, 6) is 1.32. The lowest BCUT2D eigenvalue weighted by Crippen LogP contribution is -2.31. The summed E-state index contributed by atoms with van der Waals surface area (Å²) in [5.41, 5.74) is 3.58. The molecule has 0 radical (unpaired) electrons. The van der Waals surface area contributed by atoms with Crippen LogP contribution >= 0.6 is 11.8 Å². The van der Waals surface area contributed by atoms with Gasteiger partial charge in [0.1, 0.15) is 11.6 Å². The van der Waals surface area contributed by atoms with Gasteiger partial charge in [0.05, 0.1) is 29.7 Å². The van der Waals surface area contributed by atoms with Crippen LogP contribution in [0.1, 0.15) is 27.8 Å². The largest absolute Gasteiger partial charge is 0.496 e. The number of nitrogens with zero attached hydrogens (tertiary/aromatic N) is 2. The molecule has 0 bridgehead atoms. The zero-order valence-electron chi connectivity index (χ0n) is 17.8. The first-order chi connectivity index (χ1) is 15.1. The number of imidazole rings is 1. The van der Waals surface area contributed by atoms with Gasteiger partial charge in [0.2, 0.25) is 0 Å². The predicted molar refractivity (Wildman–Crippen MR) is 126 cm³/mol. The summed E-state index contributed by atoms with van der Waals surface area (Å²) in [6.45, 7) is 0. The van der Waals surface area contributed by atoms with Gasteiger partial charge in [0.25, 0.3) is 5.91 Å². The molecule has 158 valence electrons. The van der Waals surface area contributed by atoms with Crippen molar-refractivity contribution in [2.75, 3.05) is 13.4 Å². The maximum absolute atomic E-state index is 13.2. The average Bonchev–Trinajstić information content (AvgIpc) is 3.14. The van der Waals surface area contributed by atoms with Crippen LogP contribution < -0.4 is 10.1 Å². The molecule has 0 aliphatic rings. The molecule has 31 heavy (non-hydrogen) atoms. The van der Waals surface area contributed by atoms with Crippen molar-refractivity contribution in [3.8, 4) is 5.75 Å². The Morgan fingerprint density at radius 1 is 1.10 bits per heavy atom. The number of aryl methyl sites for hydroxylation is 1. The molecular formula is C25H25N3O2S. The standard InChI is InChI=1S/C25H25N3O2S/c1-28-22-12-8-7-11-20(22)26-24(28)16-21(17-9-5-4-6-10-17)27-25(29)19-14-13-18(31-3)15-23(19)30-2/h4-15,21H,16H2,1-3H3,(H,27,29)/t21-/m1/s1. The van der Waals surface area contributed by atoms with E-state index >= 15 is 0 Å². The molecule has 0 saturated heterocycles. The van der Waals surface area contributed by atoms with E-state index in [9.17, 15) is 4.79 Å². The van der Waals surface area contributed by atoms with E-state index < -0.39 is 0 Å². The van der Waals surface area contributed by atoms with Crippen molar-refractivity contribution in [1.29, 1.82) is 0 Å². The number of carbonyl (C=O) groups excluding carboxylic acids is 1. The van der Waals surface area contributed by atoms with Crippen molar-refractivity contribution in [2.45, 2.75) is 17.4 Å². The van der Waals surface area contributed by atoms with E-state index in [2.05, 4.69) is 16.0 Å². The molecule has 3 aromatic carbocycles. The molecule has 5 nitrogen and oxygen atoms in total. The SMILES string of the molecule is COc1cc(SC)ccc1C(=O)N[C@H](Cc1nc2ccccc2n1C)c1ccccc1. The van der Waals surface area contributed by atoms with Crippen molar-refractivity contribution in [2.24, 2.45) is 7.05 Å². The fourth-order valence-electron chi connectivity index (χ4n) is 3.72. The summed E-state index contributed by atoms with van der Waals surface area (Å²) >= 11 is 1.61. The molecule has 0 spiro atoms. The Hall–Kier alpha value is -3.25. The zero-order valence-corrected chi connectivity index (χ0v) is 18.6. The van der Waals surface area contributed by atoms with Gasteiger partial charge >= 0.3 is 0 Å². The second-order valence-corrected chi connectivity index (χ2v) is 8.16. The first-order valence-corrected chi connectivity index (χ1v) is 11.3. The molecule has 1 heterocycles. The zero-order chi connectivity index (χ0) is 21.8. The van der Waals surface area contributed by atoms with Gasteiger partial charge in [0.15, 0.2) is 0 Å². The molecule has 0 saturated carbocycles. The average molecular weight is 432 g/mol. The minimum atomic E-state index is -0.228. The smallest absolute Gasteiger partial charge is 0.255 e. The monoisotopic (exact) mass is 431 g/mol. The van der Waals surface area contributed by atoms with E-state index in [0.717, 1.165) is 27.3 Å². The number of thioether (sulfide) groups is 1. The van der Waals surface area contributed by atoms with Gasteiger partial charge in [-0.05, 0) is 42.2 Å². The number of para-hydroxylation sites is 2. The Morgan fingerprint density at radius 2 is 1.84 bits per heavy atom. The summed E-state index contributed by atoms with van der Waals surface area (Å²) in [5, 5.41) is 3.20. The normalized spacial score (nSPS) is 12.0. The maximum atomic E-state index is 13.2. The number of ether oxygens (including phenoxy) is 1. The van der Waals surface area contributed by atoms with Gasteiger partial charge in [0, 0.05) is 18.4 Å². The lowest BCUT2D eigenvalue weighted by Gasteiger charge is -2.20. The molecule has 0 aliphatic carbocycles. The van der Waals surface area contributed by atoms with Crippen molar-refractivity contribution in [3.05, 3.63) is 89.7 Å². The number of methoxy groups -OCH3 is 1. The third-order valence-electron chi connectivity index (χ3n) is 5.43. The first-order valence-electron chi connectivity index (χ1n) is 10.1. The highest BCUT2D eigenvalue weighted by molar-refractivity contribution is 7.98. The van der Waals surface area contributed by atoms with Crippen LogP contribution in [-0.4, -0.2) is 28.8 Å². The van der Waals surface area contributed by atoms with Crippen LogP contribution in [-0.2, 0) is 13.5 Å². The van der Waals surface area contributed by atoms with Crippen LogP contribution in [0, 0.1) is 0 Å². The predicted octanol–water partition coefficient (Wildman–Crippen LogP) is 5.02. The van der Waals surface area contributed by atoms with Gasteiger partial charge in [-0.2, -0.15) is 0 Å². The molecule has 0 aliphatic heterocycles. The molecule has 4 aromatic rings. The van der Waals surface area contributed by atoms with Crippen molar-refractivity contribution in [3.63, 3.8) is 0 Å². The Morgan fingerprint density at radius 3 is 2.55 bits per heavy atom. The van der Waals surface area contributed by atoms with Gasteiger partial charge in [-0.15, -0.1) is 11.8 Å². The van der Waals surface area contributed by atoms with Crippen LogP contribution in [0.5, 0.6) is 5.75 Å². The maximum Gasteiger partial charge on any atom is 0.255 e. The van der Waals surface area contributed by atoms with E-state index in [-0.39, 0.29) is 11.9 Å². The topological polar surface area (TPSA) is 56.1 Å². The highest BCUT2D eigenvalue weighted by Crippen LogP contribution is 2.27. The van der Waals surface area contributed by atoms with Crippen LogP contribution in [0.15, 0.2) is 77.7 Å². The number of carbonyl (C=O) groups is 1. The van der Waals surface area contributed by atoms with E-state index in [1.54, 1.807) is 18.9 Å². The third-order valence-corrected chi connectivity index (χ3v) is 6.15. The summed E-state index contributed by atoms with van der Waals surface area (Å²) < 4.78 is 7.57. The molecule has 1 aromatic heterocycles. The molecule has 1 amide bonds. The van der Waals surface area contributed by atoms with Crippen molar-refractivity contribution in [1.82, 2.24) is 14.9 Å². The molecule has 1 N–H and O–H groups in total. The first kappa shape index (κ1) is 21.0. The van der Waals surface area contributed by atoms with E-state index in [4.69, 9.17) is 9.72 Å². The van der Waals surface area contributed by atoms with Gasteiger partial charge in [-0.25, -0.2) is 4.98 Å². The summed E-state index contributed by atoms with van der Waals surface area (Å²) in [6.07, 6.45) is 2.57. The number of fused-ring (bicyclic) bond motifs is 1. The van der Waals surface area contributed by atoms with Gasteiger partial charge in [-0.1, -0.05) is 42.5 Å². The molecule has 4 rings (SSSR count). The second-order valence-electron chi connectivity index (χ2n) is 7.28. The number of rotatable bonds is 7. The number of hydrogen-bond donors (Lipinski definition) is 1. The Kier molecular flexibility index (Phi) is 6.28. The Bertz CT molecular complexity index is 1200. The molecular weight excluding hydrogens is 406 g/mol. The Balaban J connectivity index is 1.66. The van der Waals surface area contributed by atoms with E-state index in [0.29, 0.717) is 17.7 Å². The van der Waals surface area contributed by atoms with Crippen LogP contribution in [0.2, 0.25) is 0 Å². The molecule has 1 atom stereocenters. The van der Waals surface area contributed by atoms with Gasteiger partial charge in [-0.3, -0.25) is 4.79 Å². The number of nitrogens with one attached hydrogen (secondary N) is 1. The number of amides is 1. The summed E-state index contributed by atoms with van der Waals surface area (Å²) in [4.78, 5) is 19.1. The lowest BCUT2D eigenvalue weighted by atomic mass is 10.0. The lowest BCUT2D eigenvalue weighted by molar-refractivity contribution is 0.0933. The molecule has 0 unspecified atom stereocenters. The second kappa shape index (κ2) is 9.27. The highest BCUT2D eigenvalue weighted by Gasteiger charge is 2.21. The minimum absolute atomic E-state index is 0.169. The Labute approximate surface area is 186 Å². The molecule has 6 heteroatoms. The molecule has 0 fully saturated rings. The number of hydrogen-bond acceptors (Lipinski definition) is 4. The quantitative estimate of drug-likeness (QED) is 0.418. The van der Waals surface area contributed by atoms with E-state index in [1.807, 2.05) is 80.0 Å².